The Hall–Kier alpha value is -1.53. The van der Waals surface area contributed by atoms with Crippen LogP contribution in [0.2, 0.25) is 0 Å². The molecule has 0 bridgehead atoms. The van der Waals surface area contributed by atoms with Crippen LogP contribution < -0.4 is 45.3 Å². The number of ether oxygens (including phenoxy) is 6. The van der Waals surface area contributed by atoms with E-state index in [0.29, 0.717) is 6.42 Å². The Balaban J connectivity index is 0.0000168. The molecule has 13 N–H and O–H groups in total. The summed E-state index contributed by atoms with van der Waals surface area (Å²) in [6.07, 6.45) is -11.1. The molecule has 0 aromatic carbocycles. The molecule has 18 atom stereocenters. The Bertz CT molecular complexity index is 1510. The quantitative estimate of drug-likeness (QED) is 0.0165. The van der Waals surface area contributed by atoms with Crippen molar-refractivity contribution >= 4 is 17.8 Å². The predicted molar refractivity (Wildman–Crippen MR) is 239 cm³/mol. The van der Waals surface area contributed by atoms with Gasteiger partial charge in [-0.25, -0.2) is 0 Å². The van der Waals surface area contributed by atoms with Gasteiger partial charge in [0.1, 0.15) is 73.1 Å². The van der Waals surface area contributed by atoms with Gasteiger partial charge in [-0.2, -0.15) is 0 Å². The fourth-order valence-electron chi connectivity index (χ4n) is 8.80. The van der Waals surface area contributed by atoms with Crippen molar-refractivity contribution in [2.45, 2.75) is 233 Å². The number of unbranched alkanes of at least 4 members (excludes halogenated alkanes) is 14. The van der Waals surface area contributed by atoms with Crippen LogP contribution >= 0.6 is 0 Å². The van der Waals surface area contributed by atoms with Crippen LogP contribution in [0.3, 0.4) is 0 Å². The standard InChI is InChI=1S/C46H82N2O21.Na/c1-4-6-7-8-9-10-11-12-13-14-15-16-17-18-19-20-33(56)48-27(28(53)5-2)25-64-43-38(60)37(59)40(32(24-51)66-43)67-44-39(61)42(36(58)31(23-50)65-44)69-46(45(62)63)21-29(54)34(47-26(3)52)41(68-46)35(57)30(55)22-49;/h5,27-32,34-44,49-51,53-55,57-61H,2,4,6-25H2,1,3H3,(H,47,52)(H,48,56)(H,62,63);/q;+1/p-1/t27-,28+,29-,30+,31+,32+,34+,35+,36-,37+,38+,39+,40+,41+,42-,43+,44-,46-;/m0./s1. The molecule has 3 rings (SSSR count). The molecule has 0 aromatic heterocycles. The maximum atomic E-state index is 12.9. The minimum absolute atomic E-state index is 0. The second kappa shape index (κ2) is 33.4. The monoisotopic (exact) mass is 1020 g/mol. The van der Waals surface area contributed by atoms with Crippen LogP contribution in [0.5, 0.6) is 0 Å². The molecule has 0 spiro atoms. The van der Waals surface area contributed by atoms with Crippen molar-refractivity contribution in [2.75, 3.05) is 26.4 Å². The molecule has 3 heterocycles. The average Bonchev–Trinajstić information content (AvgIpc) is 3.32. The van der Waals surface area contributed by atoms with E-state index in [9.17, 15) is 75.7 Å². The third-order valence-electron chi connectivity index (χ3n) is 12.9. The Labute approximate surface area is 432 Å². The number of carbonyl (C=O) groups excluding carboxylic acids is 3. The van der Waals surface area contributed by atoms with Gasteiger partial charge in [-0.3, -0.25) is 9.59 Å². The third-order valence-corrected chi connectivity index (χ3v) is 12.9. The van der Waals surface area contributed by atoms with Gasteiger partial charge in [-0.15, -0.1) is 6.58 Å². The van der Waals surface area contributed by atoms with E-state index in [-0.39, 0.29) is 41.9 Å². The summed E-state index contributed by atoms with van der Waals surface area (Å²) in [6.45, 7) is 3.32. The SMILES string of the molecule is C=C[C@@H](O)[C@H](CO[C@@H]1O[C@H](CO)[C@@H](O[C@@H]2O[C@H](CO)[C@H](O)[C@H](O[C@]3(C(=O)[O-])C[C@H](O)[C@@H](NC(C)=O)[C@H]([C@H](O)[C@H](O)CO)O3)[C@H]2O)[C@H](O)[C@H]1O)NC(=O)CCCCCCCCCCCCCCCCC.[Na+]. The molecule has 3 aliphatic rings. The molecule has 0 aliphatic carbocycles. The van der Waals surface area contributed by atoms with Crippen molar-refractivity contribution in [1.82, 2.24) is 10.6 Å². The number of carboxylic acid groups (broad SMARTS) is 1. The van der Waals surface area contributed by atoms with Gasteiger partial charge in [0, 0.05) is 19.8 Å². The van der Waals surface area contributed by atoms with Crippen molar-refractivity contribution in [3.8, 4) is 0 Å². The first-order valence-corrected chi connectivity index (χ1v) is 24.5. The Morgan fingerprint density at radius 3 is 1.81 bits per heavy atom. The summed E-state index contributed by atoms with van der Waals surface area (Å²) >= 11 is 0. The van der Waals surface area contributed by atoms with Crippen LogP contribution in [0.15, 0.2) is 12.7 Å². The summed E-state index contributed by atoms with van der Waals surface area (Å²) in [4.78, 5) is 37.6. The van der Waals surface area contributed by atoms with Gasteiger partial charge < -0.3 is 105 Å². The maximum absolute atomic E-state index is 12.9. The number of aliphatic hydroxyl groups excluding tert-OH is 11. The number of aliphatic hydroxyl groups is 11. The molecule has 3 fully saturated rings. The number of amides is 2. The zero-order valence-corrected chi connectivity index (χ0v) is 43.0. The van der Waals surface area contributed by atoms with E-state index in [1.807, 2.05) is 0 Å². The molecular formula is C46H81N2NaO21. The Kier molecular flexibility index (Phi) is 30.8. The first-order chi connectivity index (χ1) is 32.9. The average molecular weight is 1020 g/mol. The van der Waals surface area contributed by atoms with Crippen LogP contribution in [0.1, 0.15) is 123 Å². The van der Waals surface area contributed by atoms with Crippen LogP contribution in [0, 0.1) is 0 Å². The number of carbonyl (C=O) groups is 3. The number of nitrogens with one attached hydrogen (secondary N) is 2. The molecular weight excluding hydrogens is 939 g/mol. The van der Waals surface area contributed by atoms with Crippen molar-refractivity contribution in [3.05, 3.63) is 12.7 Å². The van der Waals surface area contributed by atoms with E-state index in [2.05, 4.69) is 24.1 Å². The van der Waals surface area contributed by atoms with Gasteiger partial charge in [0.15, 0.2) is 12.6 Å². The molecule has 3 aliphatic heterocycles. The predicted octanol–water partition coefficient (Wildman–Crippen LogP) is -6.24. The van der Waals surface area contributed by atoms with Crippen LogP contribution in [-0.4, -0.2) is 210 Å². The van der Waals surface area contributed by atoms with Crippen molar-refractivity contribution in [2.24, 2.45) is 0 Å². The first-order valence-electron chi connectivity index (χ1n) is 24.5. The van der Waals surface area contributed by atoms with Gasteiger partial charge in [-0.05, 0) is 6.42 Å². The first kappa shape index (κ1) is 64.6. The third kappa shape index (κ3) is 19.3. The van der Waals surface area contributed by atoms with Crippen molar-refractivity contribution in [1.29, 1.82) is 0 Å². The molecule has 24 heteroatoms. The van der Waals surface area contributed by atoms with Gasteiger partial charge in [0.2, 0.25) is 17.6 Å². The summed E-state index contributed by atoms with van der Waals surface area (Å²) in [5.74, 6) is -6.57. The topological polar surface area (TPSA) is 376 Å². The summed E-state index contributed by atoms with van der Waals surface area (Å²) < 4.78 is 33.8. The van der Waals surface area contributed by atoms with Crippen LogP contribution in [0.25, 0.3) is 0 Å². The second-order valence-corrected chi connectivity index (χ2v) is 18.4. The molecule has 2 amide bonds. The van der Waals surface area contributed by atoms with Crippen LogP contribution in [0.4, 0.5) is 0 Å². The number of rotatable bonds is 33. The molecule has 0 saturated carbocycles. The summed E-state index contributed by atoms with van der Waals surface area (Å²) in [7, 11) is 0. The summed E-state index contributed by atoms with van der Waals surface area (Å²) in [5, 5.41) is 135. The Morgan fingerprint density at radius 2 is 1.31 bits per heavy atom. The minimum atomic E-state index is -3.19. The van der Waals surface area contributed by atoms with E-state index in [1.165, 1.54) is 70.3 Å². The molecule has 3 saturated heterocycles. The molecule has 402 valence electrons. The van der Waals surface area contributed by atoms with Gasteiger partial charge >= 0.3 is 29.6 Å². The molecule has 0 aromatic rings. The number of hydrogen-bond donors (Lipinski definition) is 13. The molecule has 23 nitrogen and oxygen atoms in total. The van der Waals surface area contributed by atoms with Gasteiger partial charge in [0.25, 0.3) is 0 Å². The van der Waals surface area contributed by atoms with Gasteiger partial charge in [-0.1, -0.05) is 103 Å². The summed E-state index contributed by atoms with van der Waals surface area (Å²) in [5.41, 5.74) is 0. The second-order valence-electron chi connectivity index (χ2n) is 18.4. The number of carboxylic acids is 1. The zero-order chi connectivity index (χ0) is 51.3. The zero-order valence-electron chi connectivity index (χ0n) is 41.0. The molecule has 0 radical (unpaired) electrons. The van der Waals surface area contributed by atoms with E-state index in [0.717, 1.165) is 32.6 Å². The van der Waals surface area contributed by atoms with Crippen LogP contribution in [-0.2, 0) is 42.8 Å². The van der Waals surface area contributed by atoms with Crippen molar-refractivity contribution < 1.29 is 134 Å². The number of aliphatic carboxylic acids is 1. The Morgan fingerprint density at radius 1 is 0.771 bits per heavy atom. The van der Waals surface area contributed by atoms with E-state index >= 15 is 0 Å². The van der Waals surface area contributed by atoms with E-state index in [4.69, 9.17) is 28.4 Å². The normalized spacial score (nSPS) is 33.0. The van der Waals surface area contributed by atoms with E-state index in [1.54, 1.807) is 0 Å². The maximum Gasteiger partial charge on any atom is 1.00 e. The van der Waals surface area contributed by atoms with Crippen molar-refractivity contribution in [3.63, 3.8) is 0 Å². The fraction of sp³-hybridized carbons (Fsp3) is 0.891. The minimum Gasteiger partial charge on any atom is -0.544 e. The number of hydrogen-bond acceptors (Lipinski definition) is 21. The largest absolute Gasteiger partial charge is 1.00 e. The van der Waals surface area contributed by atoms with Gasteiger partial charge in [0.05, 0.1) is 50.7 Å². The molecule has 70 heavy (non-hydrogen) atoms. The summed E-state index contributed by atoms with van der Waals surface area (Å²) in [6, 6.07) is -2.67. The van der Waals surface area contributed by atoms with E-state index < -0.39 is 155 Å². The fourth-order valence-corrected chi connectivity index (χ4v) is 8.80. The smallest absolute Gasteiger partial charge is 0.544 e. The molecule has 0 unspecified atom stereocenters.